The Labute approximate surface area is 141 Å². The van der Waals surface area contributed by atoms with Gasteiger partial charge in [0.25, 0.3) is 0 Å². The van der Waals surface area contributed by atoms with Crippen LogP contribution < -0.4 is 11.1 Å². The summed E-state index contributed by atoms with van der Waals surface area (Å²) in [7, 11) is 1.96. The lowest BCUT2D eigenvalue weighted by Crippen LogP contribution is -2.38. The zero-order valence-electron chi connectivity index (χ0n) is 14.0. The van der Waals surface area contributed by atoms with Crippen LogP contribution in [0.5, 0.6) is 0 Å². The Kier molecular flexibility index (Phi) is 5.15. The number of hydrogen-bond acceptors (Lipinski definition) is 4. The molecule has 0 radical (unpaired) electrons. The Balaban J connectivity index is 1.51. The number of benzene rings is 1. The molecule has 1 aromatic heterocycles. The van der Waals surface area contributed by atoms with Crippen molar-refractivity contribution in [3.8, 4) is 0 Å². The van der Waals surface area contributed by atoms with Gasteiger partial charge in [-0.3, -0.25) is 0 Å². The van der Waals surface area contributed by atoms with Crippen LogP contribution in [0.4, 0.5) is 4.79 Å². The number of likely N-dealkylation sites (N-methyl/N-ethyl adjacent to an activating group) is 1. The molecule has 1 aliphatic heterocycles. The molecule has 1 aromatic carbocycles. The van der Waals surface area contributed by atoms with E-state index < -0.39 is 5.76 Å². The molecule has 128 valence electrons. The first kappa shape index (κ1) is 16.5. The fourth-order valence-electron chi connectivity index (χ4n) is 3.00. The van der Waals surface area contributed by atoms with Gasteiger partial charge in [-0.1, -0.05) is 30.3 Å². The van der Waals surface area contributed by atoms with E-state index in [0.29, 0.717) is 31.0 Å². The summed E-state index contributed by atoms with van der Waals surface area (Å²) in [5, 5.41) is 2.82. The first-order valence-electron chi connectivity index (χ1n) is 8.39. The highest BCUT2D eigenvalue weighted by Gasteiger charge is 2.25. The average Bonchev–Trinajstić information content (AvgIpc) is 2.90. The van der Waals surface area contributed by atoms with Gasteiger partial charge in [0.2, 0.25) is 0 Å². The summed E-state index contributed by atoms with van der Waals surface area (Å²) in [4.78, 5) is 26.3. The molecule has 1 N–H and O–H groups in total. The lowest BCUT2D eigenvalue weighted by atomic mass is 10.1. The van der Waals surface area contributed by atoms with Crippen LogP contribution in [0.25, 0.3) is 0 Å². The highest BCUT2D eigenvalue weighted by atomic mass is 16.4. The van der Waals surface area contributed by atoms with Crippen LogP contribution in [0.2, 0.25) is 0 Å². The predicted octanol–water partition coefficient (Wildman–Crippen LogP) is 2.01. The summed E-state index contributed by atoms with van der Waals surface area (Å²) >= 11 is 0. The van der Waals surface area contributed by atoms with Crippen molar-refractivity contribution in [3.63, 3.8) is 0 Å². The molecule has 0 atom stereocenters. The minimum absolute atomic E-state index is 0.389. The van der Waals surface area contributed by atoms with Gasteiger partial charge in [0, 0.05) is 26.1 Å². The third-order valence-corrected chi connectivity index (χ3v) is 4.34. The van der Waals surface area contributed by atoms with Gasteiger partial charge in [-0.05, 0) is 31.9 Å². The van der Waals surface area contributed by atoms with E-state index in [9.17, 15) is 9.59 Å². The predicted molar refractivity (Wildman–Crippen MR) is 91.2 cm³/mol. The molecule has 1 amide bonds. The van der Waals surface area contributed by atoms with Crippen molar-refractivity contribution < 1.29 is 9.21 Å². The minimum Gasteiger partial charge on any atom is -0.412 e. The molecule has 2 heterocycles. The lowest BCUT2D eigenvalue weighted by Gasteiger charge is -2.21. The first-order valence-corrected chi connectivity index (χ1v) is 8.39. The minimum atomic E-state index is -0.586. The number of aryl methyl sites for hydroxylation is 1. The van der Waals surface area contributed by atoms with Crippen LogP contribution in [0.15, 0.2) is 39.5 Å². The topological polar surface area (TPSA) is 67.5 Å². The number of nitrogens with zero attached hydrogens (tertiary/aromatic N) is 2. The van der Waals surface area contributed by atoms with Gasteiger partial charge in [-0.15, -0.1) is 0 Å². The SMILES string of the molecule is CN1CCc2oc(=O)n(C(=O)NCCCCc3ccccc3)c2C1. The Hall–Kier alpha value is -2.34. The maximum Gasteiger partial charge on any atom is 0.427 e. The van der Waals surface area contributed by atoms with Gasteiger partial charge < -0.3 is 14.6 Å². The number of unbranched alkanes of at least 4 members (excludes halogenated alkanes) is 1. The lowest BCUT2D eigenvalue weighted by molar-refractivity contribution is 0.238. The van der Waals surface area contributed by atoms with E-state index in [2.05, 4.69) is 22.3 Å². The van der Waals surface area contributed by atoms with Crippen LogP contribution in [0, 0.1) is 0 Å². The summed E-state index contributed by atoms with van der Waals surface area (Å²) in [5.41, 5.74) is 1.97. The zero-order chi connectivity index (χ0) is 16.9. The molecule has 0 aliphatic carbocycles. The van der Waals surface area contributed by atoms with Crippen molar-refractivity contribution >= 4 is 6.03 Å². The Morgan fingerprint density at radius 1 is 1.25 bits per heavy atom. The average molecular weight is 329 g/mol. The zero-order valence-corrected chi connectivity index (χ0v) is 14.0. The quantitative estimate of drug-likeness (QED) is 0.852. The number of oxazole rings is 1. The fraction of sp³-hybridized carbons (Fsp3) is 0.444. The number of rotatable bonds is 5. The number of carbonyl (C=O) groups excluding carboxylic acids is 1. The Morgan fingerprint density at radius 3 is 2.83 bits per heavy atom. The number of hydrogen-bond donors (Lipinski definition) is 1. The van der Waals surface area contributed by atoms with Crippen LogP contribution >= 0.6 is 0 Å². The Bertz CT molecular complexity index is 749. The second-order valence-corrected chi connectivity index (χ2v) is 6.24. The number of nitrogens with one attached hydrogen (secondary N) is 1. The van der Waals surface area contributed by atoms with Crippen LogP contribution in [-0.2, 0) is 19.4 Å². The summed E-state index contributed by atoms with van der Waals surface area (Å²) in [6.07, 6.45) is 3.52. The second-order valence-electron chi connectivity index (χ2n) is 6.24. The highest BCUT2D eigenvalue weighted by Crippen LogP contribution is 2.16. The van der Waals surface area contributed by atoms with Crippen LogP contribution in [0.1, 0.15) is 29.9 Å². The summed E-state index contributed by atoms with van der Waals surface area (Å²) < 4.78 is 6.35. The van der Waals surface area contributed by atoms with E-state index in [4.69, 9.17) is 4.42 Å². The molecule has 0 fully saturated rings. The molecular formula is C18H23N3O3. The molecule has 0 unspecified atom stereocenters. The molecule has 6 nitrogen and oxygen atoms in total. The molecule has 2 aromatic rings. The van der Waals surface area contributed by atoms with Crippen molar-refractivity contribution in [2.75, 3.05) is 20.1 Å². The first-order chi connectivity index (χ1) is 11.6. The second kappa shape index (κ2) is 7.49. The van der Waals surface area contributed by atoms with Gasteiger partial charge >= 0.3 is 11.8 Å². The molecule has 24 heavy (non-hydrogen) atoms. The maximum absolute atomic E-state index is 12.3. The van der Waals surface area contributed by atoms with E-state index in [1.807, 2.05) is 25.2 Å². The molecular weight excluding hydrogens is 306 g/mol. The van der Waals surface area contributed by atoms with Gasteiger partial charge in [-0.25, -0.2) is 9.59 Å². The largest absolute Gasteiger partial charge is 0.427 e. The third kappa shape index (κ3) is 3.76. The van der Waals surface area contributed by atoms with Crippen LogP contribution in [0.3, 0.4) is 0 Å². The van der Waals surface area contributed by atoms with Crippen molar-refractivity contribution in [2.45, 2.75) is 32.2 Å². The molecule has 1 aliphatic rings. The third-order valence-electron chi connectivity index (χ3n) is 4.34. The van der Waals surface area contributed by atoms with Gasteiger partial charge in [0.15, 0.2) is 0 Å². The number of amides is 1. The molecule has 0 spiro atoms. The highest BCUT2D eigenvalue weighted by molar-refractivity contribution is 5.77. The maximum atomic E-state index is 12.3. The smallest absolute Gasteiger partial charge is 0.412 e. The molecule has 0 bridgehead atoms. The van der Waals surface area contributed by atoms with Crippen LogP contribution in [-0.4, -0.2) is 35.6 Å². The summed E-state index contributed by atoms with van der Waals surface area (Å²) in [6, 6.07) is 9.88. The molecule has 3 rings (SSSR count). The van der Waals surface area contributed by atoms with E-state index >= 15 is 0 Å². The van der Waals surface area contributed by atoms with Gasteiger partial charge in [0.05, 0.1) is 5.69 Å². The van der Waals surface area contributed by atoms with Gasteiger partial charge in [-0.2, -0.15) is 4.57 Å². The van der Waals surface area contributed by atoms with Gasteiger partial charge in [0.1, 0.15) is 5.76 Å². The molecule has 6 heteroatoms. The van der Waals surface area contributed by atoms with Crippen molar-refractivity contribution in [2.24, 2.45) is 0 Å². The van der Waals surface area contributed by atoms with E-state index in [1.165, 1.54) is 5.56 Å². The monoisotopic (exact) mass is 329 g/mol. The normalized spacial score (nSPS) is 14.4. The number of aromatic nitrogens is 1. The summed E-state index contributed by atoms with van der Waals surface area (Å²) in [5.74, 6) is 0.0504. The van der Waals surface area contributed by atoms with Crippen molar-refractivity contribution in [1.82, 2.24) is 14.8 Å². The van der Waals surface area contributed by atoms with Crippen molar-refractivity contribution in [1.29, 1.82) is 0 Å². The van der Waals surface area contributed by atoms with E-state index in [0.717, 1.165) is 30.4 Å². The summed E-state index contributed by atoms with van der Waals surface area (Å²) in [6.45, 7) is 1.94. The van der Waals surface area contributed by atoms with Crippen molar-refractivity contribution in [3.05, 3.63) is 57.9 Å². The molecule has 0 saturated heterocycles. The number of carbonyl (C=O) groups is 1. The Morgan fingerprint density at radius 2 is 2.04 bits per heavy atom. The van der Waals surface area contributed by atoms with E-state index in [1.54, 1.807) is 0 Å². The standard InChI is InChI=1S/C18H23N3O3/c1-20-12-10-16-15(13-20)21(18(23)24-16)17(22)19-11-6-5-9-14-7-3-2-4-8-14/h2-4,7-8H,5-6,9-13H2,1H3,(H,19,22). The molecule has 0 saturated carbocycles. The van der Waals surface area contributed by atoms with E-state index in [-0.39, 0.29) is 6.03 Å². The number of fused-ring (bicyclic) bond motifs is 1. The fourth-order valence-corrected chi connectivity index (χ4v) is 3.00.